The van der Waals surface area contributed by atoms with Gasteiger partial charge in [-0.3, -0.25) is 14.9 Å². The lowest BCUT2D eigenvalue weighted by atomic mass is 9.82. The van der Waals surface area contributed by atoms with Crippen molar-refractivity contribution in [1.29, 1.82) is 0 Å². The largest absolute Gasteiger partial charge is 0.385 e. The van der Waals surface area contributed by atoms with E-state index in [9.17, 15) is 14.9 Å². The van der Waals surface area contributed by atoms with Gasteiger partial charge in [0.1, 0.15) is 0 Å². The van der Waals surface area contributed by atoms with Crippen molar-refractivity contribution < 1.29 is 9.72 Å². The van der Waals surface area contributed by atoms with Gasteiger partial charge in [-0.1, -0.05) is 6.92 Å². The predicted molar refractivity (Wildman–Crippen MR) is 76.9 cm³/mol. The molecule has 0 spiro atoms. The molecule has 0 saturated heterocycles. The molecule has 1 aromatic carbocycles. The minimum atomic E-state index is -0.488. The lowest BCUT2D eigenvalue weighted by Crippen LogP contribution is -2.43. The van der Waals surface area contributed by atoms with E-state index in [1.54, 1.807) is 6.07 Å². The van der Waals surface area contributed by atoms with E-state index >= 15 is 0 Å². The van der Waals surface area contributed by atoms with Crippen molar-refractivity contribution in [1.82, 2.24) is 5.32 Å². The van der Waals surface area contributed by atoms with E-state index in [1.165, 1.54) is 12.1 Å². The van der Waals surface area contributed by atoms with Gasteiger partial charge in [-0.05, 0) is 31.7 Å². The molecule has 2 N–H and O–H groups in total. The summed E-state index contributed by atoms with van der Waals surface area (Å²) >= 11 is 0. The van der Waals surface area contributed by atoms with Crippen LogP contribution in [0.25, 0.3) is 0 Å². The number of nitro groups is 1. The maximum atomic E-state index is 12.3. The Morgan fingerprint density at radius 2 is 2.15 bits per heavy atom. The minimum absolute atomic E-state index is 0.0706. The van der Waals surface area contributed by atoms with Crippen molar-refractivity contribution in [2.75, 3.05) is 11.9 Å². The second kappa shape index (κ2) is 5.90. The quantitative estimate of drug-likeness (QED) is 0.640. The molecule has 1 saturated carbocycles. The Morgan fingerprint density at radius 1 is 1.45 bits per heavy atom. The average Bonchev–Trinajstić information content (AvgIpc) is 2.37. The highest BCUT2D eigenvalue weighted by atomic mass is 16.6. The molecule has 1 fully saturated rings. The van der Waals surface area contributed by atoms with Crippen LogP contribution in [0.15, 0.2) is 18.2 Å². The van der Waals surface area contributed by atoms with Gasteiger partial charge in [0.15, 0.2) is 0 Å². The van der Waals surface area contributed by atoms with E-state index in [2.05, 4.69) is 17.6 Å². The topological polar surface area (TPSA) is 84.3 Å². The van der Waals surface area contributed by atoms with E-state index < -0.39 is 4.92 Å². The number of carbonyl (C=O) groups excluding carboxylic acids is 1. The van der Waals surface area contributed by atoms with Crippen LogP contribution in [0.5, 0.6) is 0 Å². The lowest BCUT2D eigenvalue weighted by molar-refractivity contribution is -0.384. The van der Waals surface area contributed by atoms with Crippen LogP contribution in [-0.4, -0.2) is 23.4 Å². The zero-order chi connectivity index (χ0) is 14.7. The van der Waals surface area contributed by atoms with Gasteiger partial charge in [-0.2, -0.15) is 0 Å². The molecule has 20 heavy (non-hydrogen) atoms. The normalized spacial score (nSPS) is 20.9. The summed E-state index contributed by atoms with van der Waals surface area (Å²) in [5.41, 5.74) is 0.891. The van der Waals surface area contributed by atoms with Crippen LogP contribution in [0.4, 0.5) is 11.4 Å². The Labute approximate surface area is 117 Å². The van der Waals surface area contributed by atoms with Crippen molar-refractivity contribution in [3.63, 3.8) is 0 Å². The molecule has 0 unspecified atom stereocenters. The first kappa shape index (κ1) is 14.3. The third-order valence-corrected chi connectivity index (χ3v) is 3.53. The average molecular weight is 277 g/mol. The molecule has 0 bridgehead atoms. The number of benzene rings is 1. The Balaban J connectivity index is 2.19. The van der Waals surface area contributed by atoms with E-state index in [0.717, 1.165) is 12.8 Å². The van der Waals surface area contributed by atoms with Crippen LogP contribution in [0, 0.1) is 16.0 Å². The van der Waals surface area contributed by atoms with Crippen molar-refractivity contribution in [2.24, 2.45) is 5.92 Å². The summed E-state index contributed by atoms with van der Waals surface area (Å²) in [6, 6.07) is 4.50. The number of carbonyl (C=O) groups is 1. The fraction of sp³-hybridized carbons (Fsp3) is 0.500. The highest BCUT2D eigenvalue weighted by Gasteiger charge is 2.28. The van der Waals surface area contributed by atoms with Crippen molar-refractivity contribution in [3.05, 3.63) is 33.9 Å². The standard InChI is InChI=1S/C14H19N3O3/c1-3-15-13-5-4-11(17(19)20)8-12(13)14(18)16-10-6-9(2)7-10/h4-5,8-10,15H,3,6-7H2,1-2H3,(H,16,18). The molecule has 1 aromatic rings. The van der Waals surface area contributed by atoms with Crippen LogP contribution in [0.3, 0.4) is 0 Å². The number of rotatable bonds is 5. The van der Waals surface area contributed by atoms with Crippen molar-refractivity contribution >= 4 is 17.3 Å². The monoisotopic (exact) mass is 277 g/mol. The molecule has 6 heteroatoms. The Morgan fingerprint density at radius 3 is 2.70 bits per heavy atom. The molecule has 0 radical (unpaired) electrons. The predicted octanol–water partition coefficient (Wildman–Crippen LogP) is 2.55. The van der Waals surface area contributed by atoms with Gasteiger partial charge in [0, 0.05) is 30.4 Å². The molecule has 0 aliphatic heterocycles. The number of hydrogen-bond donors (Lipinski definition) is 2. The van der Waals surface area contributed by atoms with E-state index in [0.29, 0.717) is 23.7 Å². The van der Waals surface area contributed by atoms with Gasteiger partial charge >= 0.3 is 0 Å². The molecule has 6 nitrogen and oxygen atoms in total. The SMILES string of the molecule is CCNc1ccc([N+](=O)[O-])cc1C(=O)NC1CC(C)C1. The van der Waals surface area contributed by atoms with Crippen LogP contribution in [0.1, 0.15) is 37.0 Å². The number of non-ortho nitro benzene ring substituents is 1. The molecule has 1 aliphatic rings. The molecule has 1 aliphatic carbocycles. The number of nitro benzene ring substituents is 1. The van der Waals surface area contributed by atoms with Crippen LogP contribution >= 0.6 is 0 Å². The molecular formula is C14H19N3O3. The van der Waals surface area contributed by atoms with Crippen molar-refractivity contribution in [3.8, 4) is 0 Å². The summed E-state index contributed by atoms with van der Waals surface area (Å²) < 4.78 is 0. The number of hydrogen-bond acceptors (Lipinski definition) is 4. The van der Waals surface area contributed by atoms with E-state index in [4.69, 9.17) is 0 Å². The summed E-state index contributed by atoms with van der Waals surface area (Å²) in [7, 11) is 0. The molecule has 1 amide bonds. The van der Waals surface area contributed by atoms with Gasteiger partial charge in [0.2, 0.25) is 0 Å². The third-order valence-electron chi connectivity index (χ3n) is 3.53. The first-order valence-electron chi connectivity index (χ1n) is 6.84. The van der Waals surface area contributed by atoms with Gasteiger partial charge in [0.05, 0.1) is 10.5 Å². The number of amides is 1. The second-order valence-electron chi connectivity index (χ2n) is 5.26. The zero-order valence-corrected chi connectivity index (χ0v) is 11.7. The highest BCUT2D eigenvalue weighted by Crippen LogP contribution is 2.28. The Hall–Kier alpha value is -2.11. The number of nitrogens with one attached hydrogen (secondary N) is 2. The maximum Gasteiger partial charge on any atom is 0.270 e. The first-order chi connectivity index (χ1) is 9.51. The molecule has 0 heterocycles. The molecule has 0 aromatic heterocycles. The Kier molecular flexibility index (Phi) is 4.22. The molecule has 0 atom stereocenters. The van der Waals surface area contributed by atoms with E-state index in [-0.39, 0.29) is 17.6 Å². The van der Waals surface area contributed by atoms with Crippen molar-refractivity contribution in [2.45, 2.75) is 32.7 Å². The molecular weight excluding hydrogens is 258 g/mol. The third kappa shape index (κ3) is 3.07. The molecule has 108 valence electrons. The van der Waals surface area contributed by atoms with Gasteiger partial charge in [-0.15, -0.1) is 0 Å². The fourth-order valence-corrected chi connectivity index (χ4v) is 2.46. The van der Waals surface area contributed by atoms with Gasteiger partial charge < -0.3 is 10.6 Å². The lowest BCUT2D eigenvalue weighted by Gasteiger charge is -2.33. The van der Waals surface area contributed by atoms with Crippen LogP contribution in [-0.2, 0) is 0 Å². The summed E-state index contributed by atoms with van der Waals surface area (Å²) in [5, 5.41) is 16.8. The highest BCUT2D eigenvalue weighted by molar-refractivity contribution is 6.00. The number of anilines is 1. The second-order valence-corrected chi connectivity index (χ2v) is 5.26. The smallest absolute Gasteiger partial charge is 0.270 e. The fourth-order valence-electron chi connectivity index (χ4n) is 2.46. The summed E-state index contributed by atoms with van der Waals surface area (Å²) in [4.78, 5) is 22.6. The summed E-state index contributed by atoms with van der Waals surface area (Å²) in [6.45, 7) is 4.70. The summed E-state index contributed by atoms with van der Waals surface area (Å²) in [5.74, 6) is 0.389. The maximum absolute atomic E-state index is 12.3. The molecule has 2 rings (SSSR count). The van der Waals surface area contributed by atoms with Crippen LogP contribution in [0.2, 0.25) is 0 Å². The van der Waals surface area contributed by atoms with Gasteiger partial charge in [-0.25, -0.2) is 0 Å². The zero-order valence-electron chi connectivity index (χ0n) is 11.7. The minimum Gasteiger partial charge on any atom is -0.385 e. The summed E-state index contributed by atoms with van der Waals surface area (Å²) in [6.07, 6.45) is 1.94. The van der Waals surface area contributed by atoms with E-state index in [1.807, 2.05) is 6.92 Å². The number of nitrogens with zero attached hydrogens (tertiary/aromatic N) is 1. The first-order valence-corrected chi connectivity index (χ1v) is 6.84. The van der Waals surface area contributed by atoms with Crippen LogP contribution < -0.4 is 10.6 Å². The Bertz CT molecular complexity index is 524. The van der Waals surface area contributed by atoms with Gasteiger partial charge in [0.25, 0.3) is 11.6 Å².